The molecule has 1 aromatic rings. The number of nitrogens with two attached hydrogens (primary N) is 1. The van der Waals surface area contributed by atoms with Crippen LogP contribution in [-0.4, -0.2) is 20.6 Å². The van der Waals surface area contributed by atoms with Gasteiger partial charge >= 0.3 is 0 Å². The summed E-state index contributed by atoms with van der Waals surface area (Å²) < 4.78 is 1.99. The third kappa shape index (κ3) is 1.13. The molecule has 0 radical (unpaired) electrons. The van der Waals surface area contributed by atoms with Crippen LogP contribution in [0, 0.1) is 0 Å². The Hall–Kier alpha value is -1.52. The van der Waals surface area contributed by atoms with Crippen LogP contribution in [0.4, 0.5) is 0 Å². The van der Waals surface area contributed by atoms with Crippen molar-refractivity contribution in [2.45, 2.75) is 18.9 Å². The molecule has 0 aromatic carbocycles. The number of hydrogen-bond acceptors (Lipinski definition) is 3. The molecule has 2 rings (SSSR count). The lowest BCUT2D eigenvalue weighted by Gasteiger charge is -1.93. The minimum atomic E-state index is 0.0643. The Morgan fingerprint density at radius 1 is 1.75 bits per heavy atom. The number of aromatic nitrogens is 2. The first kappa shape index (κ1) is 7.15. The van der Waals surface area contributed by atoms with E-state index in [1.54, 1.807) is 12.5 Å². The molecular weight excluding hydrogens is 156 g/mol. The van der Waals surface area contributed by atoms with Crippen LogP contribution in [0.2, 0.25) is 0 Å². The highest BCUT2D eigenvalue weighted by atomic mass is 16.4. The Kier molecular flexibility index (Phi) is 1.49. The third-order valence-corrected chi connectivity index (χ3v) is 1.94. The summed E-state index contributed by atoms with van der Waals surface area (Å²) in [6, 6.07) is 0.581. The van der Waals surface area contributed by atoms with Crippen LogP contribution >= 0.6 is 0 Å². The van der Waals surface area contributed by atoms with Crippen LogP contribution in [0.5, 0.6) is 0 Å². The van der Waals surface area contributed by atoms with Gasteiger partial charge in [0.05, 0.1) is 6.33 Å². The Morgan fingerprint density at radius 2 is 2.50 bits per heavy atom. The van der Waals surface area contributed by atoms with Crippen molar-refractivity contribution in [2.24, 2.45) is 10.9 Å². The van der Waals surface area contributed by atoms with Crippen molar-refractivity contribution < 1.29 is 5.21 Å². The van der Waals surface area contributed by atoms with E-state index in [0.717, 1.165) is 0 Å². The van der Waals surface area contributed by atoms with E-state index >= 15 is 0 Å². The minimum absolute atomic E-state index is 0.0643. The van der Waals surface area contributed by atoms with Crippen molar-refractivity contribution in [1.82, 2.24) is 9.55 Å². The Morgan fingerprint density at radius 3 is 3.08 bits per heavy atom. The molecular formula is C7H10N4O. The number of amidine groups is 1. The first-order chi connectivity index (χ1) is 5.81. The fraction of sp³-hybridized carbons (Fsp3) is 0.429. The van der Waals surface area contributed by atoms with Gasteiger partial charge in [-0.25, -0.2) is 4.98 Å². The van der Waals surface area contributed by atoms with Crippen LogP contribution in [0.1, 0.15) is 24.6 Å². The molecule has 0 spiro atoms. The molecule has 5 heteroatoms. The lowest BCUT2D eigenvalue weighted by atomic mass is 10.4. The zero-order valence-corrected chi connectivity index (χ0v) is 6.51. The summed E-state index contributed by atoms with van der Waals surface area (Å²) >= 11 is 0. The van der Waals surface area contributed by atoms with E-state index in [9.17, 15) is 0 Å². The number of imidazole rings is 1. The monoisotopic (exact) mass is 166 g/mol. The van der Waals surface area contributed by atoms with Gasteiger partial charge in [-0.3, -0.25) is 0 Å². The largest absolute Gasteiger partial charge is 0.409 e. The molecule has 12 heavy (non-hydrogen) atoms. The summed E-state index contributed by atoms with van der Waals surface area (Å²) in [7, 11) is 0. The predicted molar refractivity (Wildman–Crippen MR) is 43.0 cm³/mol. The van der Waals surface area contributed by atoms with Crippen LogP contribution in [0.3, 0.4) is 0 Å². The van der Waals surface area contributed by atoms with Gasteiger partial charge in [0.1, 0.15) is 5.69 Å². The van der Waals surface area contributed by atoms with Crippen molar-refractivity contribution in [1.29, 1.82) is 0 Å². The molecule has 0 bridgehead atoms. The summed E-state index contributed by atoms with van der Waals surface area (Å²) in [5.74, 6) is 0.0643. The molecule has 1 fully saturated rings. The van der Waals surface area contributed by atoms with E-state index in [0.29, 0.717) is 11.7 Å². The van der Waals surface area contributed by atoms with E-state index in [-0.39, 0.29) is 5.84 Å². The molecule has 1 aliphatic carbocycles. The maximum atomic E-state index is 8.37. The van der Waals surface area contributed by atoms with E-state index in [4.69, 9.17) is 10.9 Å². The minimum Gasteiger partial charge on any atom is -0.409 e. The van der Waals surface area contributed by atoms with E-state index in [2.05, 4.69) is 10.1 Å². The Balaban J connectivity index is 2.23. The number of nitrogens with zero attached hydrogens (tertiary/aromatic N) is 3. The van der Waals surface area contributed by atoms with Crippen molar-refractivity contribution >= 4 is 5.84 Å². The van der Waals surface area contributed by atoms with Gasteiger partial charge < -0.3 is 15.5 Å². The van der Waals surface area contributed by atoms with Gasteiger partial charge in [-0.15, -0.1) is 0 Å². The van der Waals surface area contributed by atoms with Crippen molar-refractivity contribution in [3.63, 3.8) is 0 Å². The maximum absolute atomic E-state index is 8.37. The average molecular weight is 166 g/mol. The van der Waals surface area contributed by atoms with E-state index in [1.807, 2.05) is 4.57 Å². The van der Waals surface area contributed by atoms with Crippen LogP contribution in [-0.2, 0) is 0 Å². The topological polar surface area (TPSA) is 76.4 Å². The molecule has 64 valence electrons. The van der Waals surface area contributed by atoms with E-state index in [1.165, 1.54) is 12.8 Å². The SMILES string of the molecule is N/C(=N/O)c1cn(C2CC2)cn1. The molecule has 1 heterocycles. The standard InChI is InChI=1S/C7H10N4O/c8-7(10-12)6-3-11(4-9-6)5-1-2-5/h3-5,12H,1-2H2,(H2,8,10). The van der Waals surface area contributed by atoms with Gasteiger partial charge in [-0.2, -0.15) is 0 Å². The first-order valence-electron chi connectivity index (χ1n) is 3.82. The maximum Gasteiger partial charge on any atom is 0.190 e. The van der Waals surface area contributed by atoms with Gasteiger partial charge in [-0.05, 0) is 12.8 Å². The van der Waals surface area contributed by atoms with Crippen LogP contribution in [0.25, 0.3) is 0 Å². The number of hydrogen-bond donors (Lipinski definition) is 2. The van der Waals surface area contributed by atoms with E-state index < -0.39 is 0 Å². The Bertz CT molecular complexity index is 313. The first-order valence-corrected chi connectivity index (χ1v) is 3.82. The summed E-state index contributed by atoms with van der Waals surface area (Å²) in [4.78, 5) is 4.00. The lowest BCUT2D eigenvalue weighted by Crippen LogP contribution is -2.13. The second-order valence-electron chi connectivity index (χ2n) is 2.92. The molecule has 0 atom stereocenters. The molecule has 3 N–H and O–H groups in total. The molecule has 5 nitrogen and oxygen atoms in total. The predicted octanol–water partition coefficient (Wildman–Crippen LogP) is 0.312. The average Bonchev–Trinajstić information content (AvgIpc) is 2.83. The fourth-order valence-electron chi connectivity index (χ4n) is 1.09. The molecule has 1 aliphatic rings. The molecule has 1 aromatic heterocycles. The molecule has 0 aliphatic heterocycles. The summed E-state index contributed by atoms with van der Waals surface area (Å²) in [5, 5.41) is 11.2. The third-order valence-electron chi connectivity index (χ3n) is 1.94. The van der Waals surface area contributed by atoms with Crippen molar-refractivity contribution in [2.75, 3.05) is 0 Å². The fourth-order valence-corrected chi connectivity index (χ4v) is 1.09. The van der Waals surface area contributed by atoms with Gasteiger partial charge in [-0.1, -0.05) is 5.16 Å². The molecule has 0 amide bonds. The molecule has 1 saturated carbocycles. The van der Waals surface area contributed by atoms with Gasteiger partial charge in [0.25, 0.3) is 0 Å². The zero-order valence-electron chi connectivity index (χ0n) is 6.51. The van der Waals surface area contributed by atoms with Gasteiger partial charge in [0, 0.05) is 12.2 Å². The van der Waals surface area contributed by atoms with Gasteiger partial charge in [0.2, 0.25) is 0 Å². The highest BCUT2D eigenvalue weighted by Crippen LogP contribution is 2.34. The van der Waals surface area contributed by atoms with Gasteiger partial charge in [0.15, 0.2) is 5.84 Å². The number of rotatable bonds is 2. The highest BCUT2D eigenvalue weighted by molar-refractivity contribution is 5.94. The highest BCUT2D eigenvalue weighted by Gasteiger charge is 2.23. The van der Waals surface area contributed by atoms with Crippen LogP contribution in [0.15, 0.2) is 17.7 Å². The summed E-state index contributed by atoms with van der Waals surface area (Å²) in [6.07, 6.45) is 5.91. The summed E-state index contributed by atoms with van der Waals surface area (Å²) in [5.41, 5.74) is 5.88. The quantitative estimate of drug-likeness (QED) is 0.287. The van der Waals surface area contributed by atoms with Crippen molar-refractivity contribution in [3.05, 3.63) is 18.2 Å². The Labute approximate surface area is 69.5 Å². The second kappa shape index (κ2) is 2.51. The van der Waals surface area contributed by atoms with Crippen LogP contribution < -0.4 is 5.73 Å². The zero-order chi connectivity index (χ0) is 8.55. The molecule has 0 unspecified atom stereocenters. The molecule has 0 saturated heterocycles. The summed E-state index contributed by atoms with van der Waals surface area (Å²) in [6.45, 7) is 0. The number of oxime groups is 1. The smallest absolute Gasteiger partial charge is 0.190 e. The second-order valence-corrected chi connectivity index (χ2v) is 2.92. The lowest BCUT2D eigenvalue weighted by molar-refractivity contribution is 0.318. The normalized spacial score (nSPS) is 18.2. The van der Waals surface area contributed by atoms with Crippen molar-refractivity contribution in [3.8, 4) is 0 Å².